The molecule has 1 unspecified atom stereocenters. The number of hydrogen-bond acceptors (Lipinski definition) is 1. The fourth-order valence-electron chi connectivity index (χ4n) is 5.75. The van der Waals surface area contributed by atoms with Crippen molar-refractivity contribution >= 4 is 0 Å². The van der Waals surface area contributed by atoms with Crippen molar-refractivity contribution in [3.05, 3.63) is 0 Å². The Morgan fingerprint density at radius 3 is 2.31 bits per heavy atom. The van der Waals surface area contributed by atoms with Gasteiger partial charge in [-0.05, 0) is 55.3 Å². The zero-order chi connectivity index (χ0) is 11.8. The van der Waals surface area contributed by atoms with Crippen molar-refractivity contribution in [3.8, 4) is 0 Å². The largest absolute Gasteiger partial charge is 0.389 e. The molecule has 92 valence electrons. The molecule has 1 heteroatoms. The van der Waals surface area contributed by atoms with Crippen LogP contribution in [0.5, 0.6) is 0 Å². The molecule has 0 amide bonds. The van der Waals surface area contributed by atoms with E-state index in [0.717, 1.165) is 12.3 Å². The van der Waals surface area contributed by atoms with E-state index in [0.29, 0.717) is 5.41 Å². The molecular weight excluding hydrogens is 196 g/mol. The van der Waals surface area contributed by atoms with E-state index in [9.17, 15) is 5.11 Å². The highest BCUT2D eigenvalue weighted by Crippen LogP contribution is 2.76. The predicted octanol–water partition coefficient (Wildman–Crippen LogP) is 3.75. The van der Waals surface area contributed by atoms with E-state index in [1.807, 2.05) is 0 Å². The van der Waals surface area contributed by atoms with Crippen LogP contribution in [-0.4, -0.2) is 10.7 Å². The van der Waals surface area contributed by atoms with Gasteiger partial charge in [-0.15, -0.1) is 0 Å². The van der Waals surface area contributed by atoms with Crippen LogP contribution in [0, 0.1) is 22.2 Å². The summed E-state index contributed by atoms with van der Waals surface area (Å²) < 4.78 is 0. The molecule has 0 aromatic carbocycles. The standard InChI is InChI=1S/C15H26O/c1-12(2)7-5-8-15(16)13(3,4)11-6-9-14(12,15)10-11/h11,16H,5-10H2,1-4H3/t11-,14+,15?/m1/s1. The Kier molecular flexibility index (Phi) is 1.86. The summed E-state index contributed by atoms with van der Waals surface area (Å²) in [6, 6.07) is 0. The quantitative estimate of drug-likeness (QED) is 0.662. The van der Waals surface area contributed by atoms with Crippen molar-refractivity contribution in [2.24, 2.45) is 22.2 Å². The van der Waals surface area contributed by atoms with Gasteiger partial charge in [0.25, 0.3) is 0 Å². The molecule has 3 fully saturated rings. The first-order valence-electron chi connectivity index (χ1n) is 6.99. The zero-order valence-corrected chi connectivity index (χ0v) is 11.3. The Morgan fingerprint density at radius 1 is 1.00 bits per heavy atom. The van der Waals surface area contributed by atoms with E-state index in [2.05, 4.69) is 27.7 Å². The minimum atomic E-state index is -0.384. The maximum Gasteiger partial charge on any atom is 0.0762 e. The van der Waals surface area contributed by atoms with Crippen molar-refractivity contribution in [1.82, 2.24) is 0 Å². The molecule has 0 saturated heterocycles. The second kappa shape index (κ2) is 2.68. The van der Waals surface area contributed by atoms with Crippen LogP contribution in [0.25, 0.3) is 0 Å². The van der Waals surface area contributed by atoms with E-state index < -0.39 is 0 Å². The molecule has 3 aliphatic carbocycles. The van der Waals surface area contributed by atoms with E-state index in [4.69, 9.17) is 0 Å². The van der Waals surface area contributed by atoms with Gasteiger partial charge in [0.05, 0.1) is 5.60 Å². The van der Waals surface area contributed by atoms with Gasteiger partial charge in [0.1, 0.15) is 0 Å². The van der Waals surface area contributed by atoms with Gasteiger partial charge in [-0.3, -0.25) is 0 Å². The lowest BCUT2D eigenvalue weighted by molar-refractivity contribution is -0.213. The molecular formula is C15H26O. The smallest absolute Gasteiger partial charge is 0.0762 e. The minimum Gasteiger partial charge on any atom is -0.389 e. The Balaban J connectivity index is 2.17. The molecule has 0 aliphatic heterocycles. The molecule has 1 spiro atoms. The first-order valence-corrected chi connectivity index (χ1v) is 6.99. The van der Waals surface area contributed by atoms with E-state index >= 15 is 0 Å². The summed E-state index contributed by atoms with van der Waals surface area (Å²) in [7, 11) is 0. The highest BCUT2D eigenvalue weighted by atomic mass is 16.3. The summed E-state index contributed by atoms with van der Waals surface area (Å²) in [4.78, 5) is 0. The van der Waals surface area contributed by atoms with Crippen LogP contribution in [0.3, 0.4) is 0 Å². The topological polar surface area (TPSA) is 20.2 Å². The molecule has 0 heterocycles. The molecule has 1 N–H and O–H groups in total. The predicted molar refractivity (Wildman–Crippen MR) is 66.1 cm³/mol. The molecule has 2 bridgehead atoms. The molecule has 3 atom stereocenters. The lowest BCUT2D eigenvalue weighted by Crippen LogP contribution is -2.62. The summed E-state index contributed by atoms with van der Waals surface area (Å²) in [5, 5.41) is 11.4. The minimum absolute atomic E-state index is 0.142. The first-order chi connectivity index (χ1) is 7.27. The summed E-state index contributed by atoms with van der Waals surface area (Å²) in [5.74, 6) is 0.759. The number of fused-ring (bicyclic) bond motifs is 1. The highest BCUT2D eigenvalue weighted by molar-refractivity contribution is 5.24. The SMILES string of the molecule is CC1(C)[C@@H]2CC[C@]3(C2)C(C)(C)CCCC13O. The van der Waals surface area contributed by atoms with Crippen molar-refractivity contribution in [3.63, 3.8) is 0 Å². The molecule has 3 rings (SSSR count). The molecule has 3 aliphatic rings. The summed E-state index contributed by atoms with van der Waals surface area (Å²) in [6.07, 6.45) is 7.45. The Bertz CT molecular complexity index is 330. The van der Waals surface area contributed by atoms with E-state index in [1.54, 1.807) is 0 Å². The molecule has 0 radical (unpaired) electrons. The van der Waals surface area contributed by atoms with E-state index in [1.165, 1.54) is 32.1 Å². The van der Waals surface area contributed by atoms with Crippen LogP contribution in [-0.2, 0) is 0 Å². The third-order valence-corrected chi connectivity index (χ3v) is 7.03. The lowest BCUT2D eigenvalue weighted by atomic mass is 9.46. The van der Waals surface area contributed by atoms with Crippen molar-refractivity contribution in [2.75, 3.05) is 0 Å². The number of rotatable bonds is 0. The van der Waals surface area contributed by atoms with Gasteiger partial charge >= 0.3 is 0 Å². The summed E-state index contributed by atoms with van der Waals surface area (Å²) >= 11 is 0. The van der Waals surface area contributed by atoms with Crippen LogP contribution in [0.1, 0.15) is 66.2 Å². The average Bonchev–Trinajstić information content (AvgIpc) is 2.66. The van der Waals surface area contributed by atoms with Crippen molar-refractivity contribution in [2.45, 2.75) is 71.8 Å². The second-order valence-corrected chi connectivity index (χ2v) is 7.84. The summed E-state index contributed by atoms with van der Waals surface area (Å²) in [6.45, 7) is 9.45. The lowest BCUT2D eigenvalue weighted by Gasteiger charge is -2.61. The summed E-state index contributed by atoms with van der Waals surface area (Å²) in [5.41, 5.74) is 0.322. The Labute approximate surface area is 99.6 Å². The van der Waals surface area contributed by atoms with Gasteiger partial charge in [0.2, 0.25) is 0 Å². The van der Waals surface area contributed by atoms with Crippen molar-refractivity contribution < 1.29 is 5.11 Å². The fourth-order valence-corrected chi connectivity index (χ4v) is 5.75. The maximum atomic E-state index is 11.4. The van der Waals surface area contributed by atoms with Crippen molar-refractivity contribution in [1.29, 1.82) is 0 Å². The Morgan fingerprint density at radius 2 is 1.69 bits per heavy atom. The highest BCUT2D eigenvalue weighted by Gasteiger charge is 2.74. The second-order valence-electron chi connectivity index (χ2n) is 7.84. The molecule has 0 aromatic rings. The van der Waals surface area contributed by atoms with Gasteiger partial charge in [-0.2, -0.15) is 0 Å². The third-order valence-electron chi connectivity index (χ3n) is 7.03. The normalized spacial score (nSPS) is 52.7. The van der Waals surface area contributed by atoms with Crippen LogP contribution in [0.4, 0.5) is 0 Å². The van der Waals surface area contributed by atoms with Crippen LogP contribution in [0.15, 0.2) is 0 Å². The van der Waals surface area contributed by atoms with E-state index in [-0.39, 0.29) is 16.4 Å². The Hall–Kier alpha value is -0.0400. The zero-order valence-electron chi connectivity index (χ0n) is 11.3. The van der Waals surface area contributed by atoms with Crippen LogP contribution in [0.2, 0.25) is 0 Å². The van der Waals surface area contributed by atoms with Crippen LogP contribution < -0.4 is 0 Å². The fraction of sp³-hybridized carbons (Fsp3) is 1.00. The van der Waals surface area contributed by atoms with Gasteiger partial charge in [-0.25, -0.2) is 0 Å². The van der Waals surface area contributed by atoms with Gasteiger partial charge in [0.15, 0.2) is 0 Å². The maximum absolute atomic E-state index is 11.4. The molecule has 16 heavy (non-hydrogen) atoms. The third kappa shape index (κ3) is 0.868. The molecule has 0 aromatic heterocycles. The average molecular weight is 222 g/mol. The molecule has 1 nitrogen and oxygen atoms in total. The first kappa shape index (κ1) is 11.1. The van der Waals surface area contributed by atoms with Gasteiger partial charge in [0, 0.05) is 5.41 Å². The van der Waals surface area contributed by atoms with Crippen LogP contribution >= 0.6 is 0 Å². The van der Waals surface area contributed by atoms with Gasteiger partial charge in [-0.1, -0.05) is 27.7 Å². The monoisotopic (exact) mass is 222 g/mol. The number of aliphatic hydroxyl groups is 1. The molecule has 3 saturated carbocycles. The number of hydrogen-bond donors (Lipinski definition) is 1. The van der Waals surface area contributed by atoms with Gasteiger partial charge < -0.3 is 5.11 Å².